The van der Waals surface area contributed by atoms with Crippen LogP contribution in [-0.2, 0) is 22.6 Å². The van der Waals surface area contributed by atoms with Crippen LogP contribution in [0.4, 0.5) is 13.2 Å². The second kappa shape index (κ2) is 12.0. The topological polar surface area (TPSA) is 142 Å². The molecule has 2 heterocycles. The van der Waals surface area contributed by atoms with E-state index in [2.05, 4.69) is 15.4 Å². The summed E-state index contributed by atoms with van der Waals surface area (Å²) in [6, 6.07) is 6.73. The van der Waals surface area contributed by atoms with Gasteiger partial charge in [-0.25, -0.2) is 22.8 Å². The summed E-state index contributed by atoms with van der Waals surface area (Å²) < 4.78 is 57.5. The van der Waals surface area contributed by atoms with Gasteiger partial charge in [0.1, 0.15) is 39.2 Å². The number of nitrogens with one attached hydrogen (secondary N) is 1. The summed E-state index contributed by atoms with van der Waals surface area (Å²) in [7, 11) is 0. The fraction of sp³-hybridized carbons (Fsp3) is 0.412. The van der Waals surface area contributed by atoms with Crippen molar-refractivity contribution in [2.75, 3.05) is 13.2 Å². The standard InChI is InChI=1S/C34H33ClF3N5O5/c1-2-47-31-17(14-26(39)44)13-25(41-30(31)22-7-8-23(36)27(35)28(22)37)34(46,20-3-4-20)16-40-32(45)18-11-19-15-43(33(38)9-10-33)42-29(19)24(12-18)48-21-5-6-21/h7-8,11-13,15,20-21,46H,2-6,9-10,14,16H2,1H3,(H2,39,44)(H,40,45)/t34-/m1/s1. The number of fused-ring (bicyclic) bond motifs is 1. The third kappa shape index (κ3) is 6.05. The maximum Gasteiger partial charge on any atom is 0.251 e. The fourth-order valence-corrected chi connectivity index (χ4v) is 6.04. The Morgan fingerprint density at radius 1 is 1.19 bits per heavy atom. The van der Waals surface area contributed by atoms with Crippen molar-refractivity contribution >= 4 is 34.3 Å². The number of pyridine rings is 1. The van der Waals surface area contributed by atoms with E-state index in [1.54, 1.807) is 25.3 Å². The molecule has 7 rings (SSSR count). The lowest BCUT2D eigenvalue weighted by atomic mass is 9.90. The quantitative estimate of drug-likeness (QED) is 0.159. The molecule has 0 bridgehead atoms. The van der Waals surface area contributed by atoms with Crippen LogP contribution < -0.4 is 20.5 Å². The number of alkyl halides is 1. The molecule has 2 aromatic carbocycles. The van der Waals surface area contributed by atoms with Gasteiger partial charge in [-0.3, -0.25) is 9.59 Å². The largest absolute Gasteiger partial charge is 0.491 e. The minimum Gasteiger partial charge on any atom is -0.491 e. The van der Waals surface area contributed by atoms with Gasteiger partial charge in [0.05, 0.1) is 31.4 Å². The third-order valence-corrected chi connectivity index (χ3v) is 9.28. The van der Waals surface area contributed by atoms with Crippen molar-refractivity contribution in [1.29, 1.82) is 0 Å². The average molecular weight is 684 g/mol. The summed E-state index contributed by atoms with van der Waals surface area (Å²) in [5.74, 6) is -4.81. The van der Waals surface area contributed by atoms with Crippen LogP contribution in [0.1, 0.15) is 67.1 Å². The van der Waals surface area contributed by atoms with Crippen LogP contribution in [0.25, 0.3) is 22.2 Å². The van der Waals surface area contributed by atoms with Gasteiger partial charge in [0, 0.05) is 41.1 Å². The maximum atomic E-state index is 15.4. The summed E-state index contributed by atoms with van der Waals surface area (Å²) in [5, 5.41) is 19.2. The second-order valence-corrected chi connectivity index (χ2v) is 13.1. The van der Waals surface area contributed by atoms with Gasteiger partial charge in [0.15, 0.2) is 5.82 Å². The van der Waals surface area contributed by atoms with Crippen LogP contribution in [0.5, 0.6) is 11.5 Å². The predicted octanol–water partition coefficient (Wildman–Crippen LogP) is 5.44. The van der Waals surface area contributed by atoms with Crippen LogP contribution in [0, 0.1) is 17.6 Å². The summed E-state index contributed by atoms with van der Waals surface area (Å²) in [4.78, 5) is 30.4. The summed E-state index contributed by atoms with van der Waals surface area (Å²) in [5.41, 5.74) is 4.39. The summed E-state index contributed by atoms with van der Waals surface area (Å²) in [6.07, 6.45) is 4.87. The number of aliphatic hydroxyl groups is 1. The molecule has 4 N–H and O–H groups in total. The van der Waals surface area contributed by atoms with Gasteiger partial charge in [0.2, 0.25) is 11.7 Å². The highest BCUT2D eigenvalue weighted by Gasteiger charge is 2.48. The maximum absolute atomic E-state index is 15.4. The van der Waals surface area contributed by atoms with E-state index < -0.39 is 39.9 Å². The number of ether oxygens (including phenoxy) is 2. The Morgan fingerprint density at radius 3 is 2.58 bits per heavy atom. The average Bonchev–Trinajstić information content (AvgIpc) is 3.95. The third-order valence-electron chi connectivity index (χ3n) is 8.94. The van der Waals surface area contributed by atoms with Crippen molar-refractivity contribution < 1.29 is 37.3 Å². The van der Waals surface area contributed by atoms with E-state index in [1.807, 2.05) is 0 Å². The molecule has 3 fully saturated rings. The minimum absolute atomic E-state index is 0.00719. The van der Waals surface area contributed by atoms with Crippen LogP contribution in [-0.4, -0.2) is 50.9 Å². The molecule has 2 amide bonds. The van der Waals surface area contributed by atoms with Gasteiger partial charge in [-0.2, -0.15) is 5.10 Å². The van der Waals surface area contributed by atoms with Gasteiger partial charge in [-0.05, 0) is 68.9 Å². The highest BCUT2D eigenvalue weighted by atomic mass is 35.5. The molecule has 0 unspecified atom stereocenters. The number of aromatic nitrogens is 3. The van der Waals surface area contributed by atoms with E-state index in [-0.39, 0.29) is 65.4 Å². The SMILES string of the molecule is CCOc1c(CC(N)=O)cc([C@@](O)(CNC(=O)c2cc(OC3CC3)c3nn(C4(F)CC4)cc3c2)C2CC2)nc1-c1ccc(F)c(Cl)c1F. The number of amides is 2. The number of nitrogens with zero attached hydrogens (tertiary/aromatic N) is 3. The molecule has 4 aromatic rings. The molecule has 10 nitrogen and oxygen atoms in total. The first-order valence-corrected chi connectivity index (χ1v) is 16.3. The molecule has 3 aliphatic rings. The Bertz CT molecular complexity index is 1960. The van der Waals surface area contributed by atoms with E-state index in [0.717, 1.165) is 25.0 Å². The fourth-order valence-electron chi connectivity index (χ4n) is 5.87. The predicted molar refractivity (Wildman–Crippen MR) is 169 cm³/mol. The molecule has 3 aliphatic carbocycles. The number of halogens is 4. The molecular formula is C34H33ClF3N5O5. The van der Waals surface area contributed by atoms with Crippen LogP contribution >= 0.6 is 11.6 Å². The van der Waals surface area contributed by atoms with Gasteiger partial charge in [-0.15, -0.1) is 0 Å². The molecule has 0 spiro atoms. The zero-order chi connectivity index (χ0) is 34.0. The van der Waals surface area contributed by atoms with Crippen molar-refractivity contribution in [2.45, 2.75) is 69.4 Å². The highest BCUT2D eigenvalue weighted by molar-refractivity contribution is 6.31. The summed E-state index contributed by atoms with van der Waals surface area (Å²) in [6.45, 7) is 1.49. The molecule has 252 valence electrons. The highest BCUT2D eigenvalue weighted by Crippen LogP contribution is 2.48. The second-order valence-electron chi connectivity index (χ2n) is 12.7. The Labute approximate surface area is 278 Å². The van der Waals surface area contributed by atoms with E-state index in [1.165, 1.54) is 10.7 Å². The normalized spacial score (nSPS) is 18.0. The van der Waals surface area contributed by atoms with E-state index in [0.29, 0.717) is 42.3 Å². The van der Waals surface area contributed by atoms with Crippen molar-refractivity contribution in [3.05, 3.63) is 70.0 Å². The monoisotopic (exact) mass is 683 g/mol. The number of rotatable bonds is 13. The van der Waals surface area contributed by atoms with Gasteiger partial charge < -0.3 is 25.6 Å². The van der Waals surface area contributed by atoms with Crippen LogP contribution in [0.15, 0.2) is 36.5 Å². The zero-order valence-electron chi connectivity index (χ0n) is 26.0. The van der Waals surface area contributed by atoms with Crippen molar-refractivity contribution in [2.24, 2.45) is 11.7 Å². The molecular weight excluding hydrogens is 651 g/mol. The molecule has 14 heteroatoms. The van der Waals surface area contributed by atoms with Gasteiger partial charge in [-0.1, -0.05) is 11.6 Å². The first kappa shape index (κ1) is 32.2. The number of nitrogens with two attached hydrogens (primary N) is 1. The van der Waals surface area contributed by atoms with Crippen molar-refractivity contribution in [3.8, 4) is 22.8 Å². The van der Waals surface area contributed by atoms with Crippen LogP contribution in [0.3, 0.4) is 0 Å². The number of hydrogen-bond donors (Lipinski definition) is 3. The van der Waals surface area contributed by atoms with Crippen molar-refractivity contribution in [3.63, 3.8) is 0 Å². The molecule has 48 heavy (non-hydrogen) atoms. The van der Waals surface area contributed by atoms with E-state index in [9.17, 15) is 23.5 Å². The lowest BCUT2D eigenvalue weighted by molar-refractivity contribution is -0.117. The molecule has 0 radical (unpaired) electrons. The lowest BCUT2D eigenvalue weighted by Gasteiger charge is -2.30. The number of hydrogen-bond acceptors (Lipinski definition) is 7. The number of primary amides is 1. The Kier molecular flexibility index (Phi) is 8.02. The minimum atomic E-state index is -1.77. The van der Waals surface area contributed by atoms with Crippen molar-refractivity contribution in [1.82, 2.24) is 20.1 Å². The van der Waals surface area contributed by atoms with E-state index >= 15 is 4.39 Å². The smallest absolute Gasteiger partial charge is 0.251 e. The number of carbonyl (C=O) groups excluding carboxylic acids is 2. The number of carbonyl (C=O) groups is 2. The van der Waals surface area contributed by atoms with E-state index in [4.69, 9.17) is 26.8 Å². The Balaban J connectivity index is 1.25. The zero-order valence-corrected chi connectivity index (χ0v) is 26.7. The molecule has 0 saturated heterocycles. The first-order chi connectivity index (χ1) is 22.9. The Morgan fingerprint density at radius 2 is 1.94 bits per heavy atom. The molecule has 0 aliphatic heterocycles. The lowest BCUT2D eigenvalue weighted by Crippen LogP contribution is -2.43. The molecule has 2 aromatic heterocycles. The molecule has 3 saturated carbocycles. The van der Waals surface area contributed by atoms with Gasteiger partial charge >= 0.3 is 0 Å². The Hall–Kier alpha value is -4.36. The summed E-state index contributed by atoms with van der Waals surface area (Å²) >= 11 is 5.90. The number of benzene rings is 2. The molecule has 1 atom stereocenters. The van der Waals surface area contributed by atoms with Gasteiger partial charge in [0.25, 0.3) is 5.91 Å². The van der Waals surface area contributed by atoms with Crippen LogP contribution in [0.2, 0.25) is 5.02 Å². The first-order valence-electron chi connectivity index (χ1n) is 15.9.